The predicted molar refractivity (Wildman–Crippen MR) is 78.6 cm³/mol. The lowest BCUT2D eigenvalue weighted by atomic mass is 10.2. The summed E-state index contributed by atoms with van der Waals surface area (Å²) in [6.45, 7) is 8.65. The number of furan rings is 1. The van der Waals surface area contributed by atoms with Crippen molar-refractivity contribution in [3.63, 3.8) is 0 Å². The average Bonchev–Trinajstić information content (AvgIpc) is 2.98. The third-order valence-corrected chi connectivity index (χ3v) is 2.91. The molecule has 0 aliphatic rings. The van der Waals surface area contributed by atoms with Crippen LogP contribution in [0.25, 0.3) is 0 Å². The minimum Gasteiger partial charge on any atom is -0.464 e. The molecular weight excluding hydrogens is 254 g/mol. The molecule has 0 spiro atoms. The van der Waals surface area contributed by atoms with Crippen LogP contribution in [0.1, 0.15) is 31.1 Å². The molecule has 0 saturated heterocycles. The second-order valence-electron chi connectivity index (χ2n) is 5.51. The summed E-state index contributed by atoms with van der Waals surface area (Å²) in [7, 11) is 1.94. The second kappa shape index (κ2) is 6.61. The SMILES string of the molecule is Cc1ccc(CN(C)c2nc(CNCC(C)C)co2)o1. The molecule has 0 fully saturated rings. The van der Waals surface area contributed by atoms with E-state index in [0.717, 1.165) is 30.3 Å². The predicted octanol–water partition coefficient (Wildman–Crippen LogP) is 2.96. The average molecular weight is 277 g/mol. The van der Waals surface area contributed by atoms with Crippen LogP contribution in [0.5, 0.6) is 0 Å². The second-order valence-corrected chi connectivity index (χ2v) is 5.51. The Morgan fingerprint density at radius 1 is 1.35 bits per heavy atom. The Bertz CT molecular complexity index is 531. The molecule has 0 amide bonds. The van der Waals surface area contributed by atoms with Crippen LogP contribution in [0.4, 0.5) is 6.01 Å². The van der Waals surface area contributed by atoms with E-state index in [2.05, 4.69) is 24.1 Å². The molecule has 5 heteroatoms. The van der Waals surface area contributed by atoms with E-state index >= 15 is 0 Å². The minimum absolute atomic E-state index is 0.611. The van der Waals surface area contributed by atoms with Gasteiger partial charge in [0.05, 0.1) is 12.2 Å². The number of hydrogen-bond donors (Lipinski definition) is 1. The van der Waals surface area contributed by atoms with Gasteiger partial charge in [0.2, 0.25) is 0 Å². The number of nitrogens with zero attached hydrogens (tertiary/aromatic N) is 2. The molecule has 1 N–H and O–H groups in total. The monoisotopic (exact) mass is 277 g/mol. The summed E-state index contributed by atoms with van der Waals surface area (Å²) in [5.41, 5.74) is 0.920. The van der Waals surface area contributed by atoms with E-state index in [1.165, 1.54) is 0 Å². The Hall–Kier alpha value is -1.75. The maximum atomic E-state index is 5.55. The third-order valence-electron chi connectivity index (χ3n) is 2.91. The Labute approximate surface area is 120 Å². The summed E-state index contributed by atoms with van der Waals surface area (Å²) in [6.07, 6.45) is 1.70. The van der Waals surface area contributed by atoms with Crippen LogP contribution in [0, 0.1) is 12.8 Å². The van der Waals surface area contributed by atoms with E-state index in [1.807, 2.05) is 31.0 Å². The first-order valence-corrected chi connectivity index (χ1v) is 6.96. The van der Waals surface area contributed by atoms with Gasteiger partial charge in [-0.25, -0.2) is 0 Å². The van der Waals surface area contributed by atoms with Crippen molar-refractivity contribution in [2.24, 2.45) is 5.92 Å². The first-order chi connectivity index (χ1) is 9.54. The number of nitrogens with one attached hydrogen (secondary N) is 1. The third kappa shape index (κ3) is 4.13. The fraction of sp³-hybridized carbons (Fsp3) is 0.533. The number of aryl methyl sites for hydroxylation is 1. The van der Waals surface area contributed by atoms with E-state index in [1.54, 1.807) is 6.26 Å². The summed E-state index contributed by atoms with van der Waals surface area (Å²) >= 11 is 0. The van der Waals surface area contributed by atoms with Gasteiger partial charge < -0.3 is 19.1 Å². The molecule has 2 rings (SSSR count). The maximum absolute atomic E-state index is 5.55. The zero-order valence-electron chi connectivity index (χ0n) is 12.6. The number of anilines is 1. The summed E-state index contributed by atoms with van der Waals surface area (Å²) in [5, 5.41) is 3.35. The van der Waals surface area contributed by atoms with Crippen LogP contribution < -0.4 is 10.2 Å². The Balaban J connectivity index is 1.87. The quantitative estimate of drug-likeness (QED) is 0.843. The van der Waals surface area contributed by atoms with Gasteiger partial charge in [-0.15, -0.1) is 0 Å². The van der Waals surface area contributed by atoms with Crippen molar-refractivity contribution in [3.8, 4) is 0 Å². The van der Waals surface area contributed by atoms with E-state index in [9.17, 15) is 0 Å². The maximum Gasteiger partial charge on any atom is 0.297 e. The fourth-order valence-corrected chi connectivity index (χ4v) is 1.91. The van der Waals surface area contributed by atoms with Crippen molar-refractivity contribution in [1.82, 2.24) is 10.3 Å². The van der Waals surface area contributed by atoms with Gasteiger partial charge in [-0.1, -0.05) is 13.8 Å². The summed E-state index contributed by atoms with van der Waals surface area (Å²) in [4.78, 5) is 6.40. The number of aromatic nitrogens is 1. The van der Waals surface area contributed by atoms with Crippen molar-refractivity contribution < 1.29 is 8.83 Å². The highest BCUT2D eigenvalue weighted by Crippen LogP contribution is 2.16. The van der Waals surface area contributed by atoms with E-state index < -0.39 is 0 Å². The molecule has 0 aliphatic heterocycles. The molecule has 5 nitrogen and oxygen atoms in total. The van der Waals surface area contributed by atoms with Crippen LogP contribution in [0.2, 0.25) is 0 Å². The van der Waals surface area contributed by atoms with Crippen LogP contribution in [-0.4, -0.2) is 18.6 Å². The van der Waals surface area contributed by atoms with Crippen molar-refractivity contribution >= 4 is 6.01 Å². The van der Waals surface area contributed by atoms with Gasteiger partial charge in [-0.3, -0.25) is 0 Å². The van der Waals surface area contributed by atoms with Gasteiger partial charge in [-0.05, 0) is 31.5 Å². The van der Waals surface area contributed by atoms with Crippen molar-refractivity contribution in [3.05, 3.63) is 35.6 Å². The van der Waals surface area contributed by atoms with E-state index in [4.69, 9.17) is 8.83 Å². The summed E-state index contributed by atoms with van der Waals surface area (Å²) in [5.74, 6) is 2.45. The van der Waals surface area contributed by atoms with Crippen LogP contribution in [-0.2, 0) is 13.1 Å². The molecule has 2 aromatic heterocycles. The summed E-state index contributed by atoms with van der Waals surface area (Å²) < 4.78 is 11.0. The number of oxazole rings is 1. The Kier molecular flexibility index (Phi) is 4.84. The zero-order valence-corrected chi connectivity index (χ0v) is 12.6. The van der Waals surface area contributed by atoms with Gasteiger partial charge in [0.1, 0.15) is 17.8 Å². The molecule has 2 aromatic rings. The molecular formula is C15H23N3O2. The number of rotatable bonds is 7. The molecule has 0 atom stereocenters. The highest BCUT2D eigenvalue weighted by molar-refractivity contribution is 5.26. The standard InChI is InChI=1S/C15H23N3O2/c1-11(2)7-16-8-13-10-19-15(17-13)18(4)9-14-6-5-12(3)20-14/h5-6,10-11,16H,7-9H2,1-4H3. The van der Waals surface area contributed by atoms with Gasteiger partial charge in [0.15, 0.2) is 0 Å². The molecule has 20 heavy (non-hydrogen) atoms. The van der Waals surface area contributed by atoms with Crippen LogP contribution in [0.3, 0.4) is 0 Å². The van der Waals surface area contributed by atoms with Crippen molar-refractivity contribution in [2.75, 3.05) is 18.5 Å². The highest BCUT2D eigenvalue weighted by atomic mass is 16.4. The van der Waals surface area contributed by atoms with E-state index in [-0.39, 0.29) is 0 Å². The number of hydrogen-bond acceptors (Lipinski definition) is 5. The molecule has 0 aliphatic carbocycles. The first kappa shape index (κ1) is 14.7. The molecule has 0 radical (unpaired) electrons. The van der Waals surface area contributed by atoms with E-state index in [0.29, 0.717) is 18.5 Å². The summed E-state index contributed by atoms with van der Waals surface area (Å²) in [6, 6.07) is 4.54. The minimum atomic E-state index is 0.611. The topological polar surface area (TPSA) is 54.4 Å². The molecule has 0 saturated carbocycles. The lowest BCUT2D eigenvalue weighted by Crippen LogP contribution is -2.19. The van der Waals surface area contributed by atoms with Crippen molar-refractivity contribution in [2.45, 2.75) is 33.9 Å². The van der Waals surface area contributed by atoms with Gasteiger partial charge >= 0.3 is 0 Å². The highest BCUT2D eigenvalue weighted by Gasteiger charge is 2.11. The first-order valence-electron chi connectivity index (χ1n) is 6.96. The molecule has 0 unspecified atom stereocenters. The largest absolute Gasteiger partial charge is 0.464 e. The molecule has 110 valence electrons. The van der Waals surface area contributed by atoms with Gasteiger partial charge in [0.25, 0.3) is 6.01 Å². The Morgan fingerprint density at radius 3 is 2.80 bits per heavy atom. The zero-order chi connectivity index (χ0) is 14.5. The molecule has 0 bridgehead atoms. The van der Waals surface area contributed by atoms with Gasteiger partial charge in [-0.2, -0.15) is 4.98 Å². The lowest BCUT2D eigenvalue weighted by Gasteiger charge is -2.12. The molecule has 0 aromatic carbocycles. The van der Waals surface area contributed by atoms with Gasteiger partial charge in [0, 0.05) is 13.6 Å². The normalized spacial score (nSPS) is 11.2. The van der Waals surface area contributed by atoms with Crippen LogP contribution in [0.15, 0.2) is 27.2 Å². The molecule has 2 heterocycles. The van der Waals surface area contributed by atoms with Crippen LogP contribution >= 0.6 is 0 Å². The lowest BCUT2D eigenvalue weighted by molar-refractivity contribution is 0.469. The Morgan fingerprint density at radius 2 is 2.15 bits per heavy atom. The smallest absolute Gasteiger partial charge is 0.297 e. The van der Waals surface area contributed by atoms with Crippen molar-refractivity contribution in [1.29, 1.82) is 0 Å². The fourth-order valence-electron chi connectivity index (χ4n) is 1.91.